The van der Waals surface area contributed by atoms with Crippen molar-refractivity contribution in [2.24, 2.45) is 11.7 Å². The number of aliphatic hydroxyl groups is 1. The van der Waals surface area contributed by atoms with E-state index in [1.54, 1.807) is 0 Å². The first kappa shape index (κ1) is 21.8. The fourth-order valence-electron chi connectivity index (χ4n) is 3.48. The number of nitrogens with two attached hydrogens (primary N) is 1. The summed E-state index contributed by atoms with van der Waals surface area (Å²) in [5.41, 5.74) is 5.26. The Morgan fingerprint density at radius 1 is 1.37 bits per heavy atom. The third-order valence-electron chi connectivity index (χ3n) is 5.16. The Kier molecular flexibility index (Phi) is 8.18. The summed E-state index contributed by atoms with van der Waals surface area (Å²) in [5, 5.41) is 13.9. The number of amides is 1. The first-order valence-electron chi connectivity index (χ1n) is 9.59. The smallest absolute Gasteiger partial charge is 0.247 e. The predicted molar refractivity (Wildman–Crippen MR) is 99.0 cm³/mol. The molecule has 0 aromatic carbocycles. The minimum absolute atomic E-state index is 0.0537. The highest BCUT2D eigenvalue weighted by Crippen LogP contribution is 2.31. The van der Waals surface area contributed by atoms with Gasteiger partial charge < -0.3 is 15.4 Å². The molecule has 27 heavy (non-hydrogen) atoms. The van der Waals surface area contributed by atoms with Crippen molar-refractivity contribution in [3.05, 3.63) is 11.7 Å². The molecule has 1 amide bonds. The lowest BCUT2D eigenvalue weighted by Gasteiger charge is -2.22. The summed E-state index contributed by atoms with van der Waals surface area (Å²) in [6.07, 6.45) is 7.21. The second-order valence-corrected chi connectivity index (χ2v) is 9.26. The van der Waals surface area contributed by atoms with Gasteiger partial charge in [0.05, 0.1) is 18.2 Å². The van der Waals surface area contributed by atoms with Gasteiger partial charge in [0.15, 0.2) is 5.82 Å². The molecule has 1 aromatic rings. The van der Waals surface area contributed by atoms with Crippen LogP contribution in [0.15, 0.2) is 4.52 Å². The Morgan fingerprint density at radius 2 is 2.07 bits per heavy atom. The van der Waals surface area contributed by atoms with Gasteiger partial charge in [0, 0.05) is 0 Å². The first-order chi connectivity index (χ1) is 12.8. The molecule has 9 nitrogen and oxygen atoms in total. The van der Waals surface area contributed by atoms with Gasteiger partial charge in [0.1, 0.15) is 6.10 Å². The Labute approximate surface area is 160 Å². The zero-order valence-electron chi connectivity index (χ0n) is 15.8. The van der Waals surface area contributed by atoms with Gasteiger partial charge >= 0.3 is 0 Å². The lowest BCUT2D eigenvalue weighted by atomic mass is 9.84. The van der Waals surface area contributed by atoms with E-state index in [1.807, 2.05) is 0 Å². The highest BCUT2D eigenvalue weighted by Gasteiger charge is 2.31. The van der Waals surface area contributed by atoms with E-state index in [1.165, 1.54) is 39.0 Å². The molecule has 0 unspecified atom stereocenters. The molecule has 1 saturated carbocycles. The topological polar surface area (TPSA) is 148 Å². The summed E-state index contributed by atoms with van der Waals surface area (Å²) in [7, 11) is -3.38. The van der Waals surface area contributed by atoms with Crippen molar-refractivity contribution >= 4 is 15.9 Å². The van der Waals surface area contributed by atoms with Crippen LogP contribution in [0.3, 0.4) is 0 Å². The van der Waals surface area contributed by atoms with Crippen molar-refractivity contribution in [1.29, 1.82) is 0 Å². The number of nitrogens with one attached hydrogen (secondary N) is 1. The minimum atomic E-state index is -3.38. The van der Waals surface area contributed by atoms with E-state index < -0.39 is 28.0 Å². The van der Waals surface area contributed by atoms with Gasteiger partial charge in [-0.25, -0.2) is 13.1 Å². The van der Waals surface area contributed by atoms with Gasteiger partial charge in [0.25, 0.3) is 0 Å². The molecule has 154 valence electrons. The zero-order chi connectivity index (χ0) is 19.9. The second kappa shape index (κ2) is 10.1. The van der Waals surface area contributed by atoms with E-state index in [4.69, 9.17) is 10.3 Å². The Morgan fingerprint density at radius 3 is 2.70 bits per heavy atom. The van der Waals surface area contributed by atoms with Crippen molar-refractivity contribution in [2.75, 3.05) is 5.75 Å². The molecule has 2 rings (SSSR count). The molecule has 0 spiro atoms. The maximum absolute atomic E-state index is 11.5. The lowest BCUT2D eigenvalue weighted by Crippen LogP contribution is -2.34. The van der Waals surface area contributed by atoms with Crippen LogP contribution in [-0.2, 0) is 21.4 Å². The third kappa shape index (κ3) is 6.86. The maximum Gasteiger partial charge on any atom is 0.247 e. The standard InChI is InChI=1S/C17H30N4O5S/c1-2-27(24,25)19-11-14-20-17(26-21-14)13(15(22)16(18)23)10-6-9-12-7-4-3-5-8-12/h12-13,15,19,22H,2-11H2,1H3,(H2,18,23)/t13-,15-/m1/s1. The highest BCUT2D eigenvalue weighted by molar-refractivity contribution is 7.89. The maximum atomic E-state index is 11.5. The molecule has 10 heteroatoms. The van der Waals surface area contributed by atoms with Crippen molar-refractivity contribution in [1.82, 2.24) is 14.9 Å². The monoisotopic (exact) mass is 402 g/mol. The van der Waals surface area contributed by atoms with Crippen LogP contribution in [0.25, 0.3) is 0 Å². The molecule has 0 saturated heterocycles. The van der Waals surface area contributed by atoms with Gasteiger partial charge in [-0.1, -0.05) is 50.1 Å². The van der Waals surface area contributed by atoms with Crippen LogP contribution in [0.2, 0.25) is 0 Å². The number of aromatic nitrogens is 2. The number of carbonyl (C=O) groups is 1. The number of sulfonamides is 1. The summed E-state index contributed by atoms with van der Waals surface area (Å²) >= 11 is 0. The van der Waals surface area contributed by atoms with Crippen LogP contribution < -0.4 is 10.5 Å². The van der Waals surface area contributed by atoms with Crippen molar-refractivity contribution in [3.8, 4) is 0 Å². The minimum Gasteiger partial charge on any atom is -0.382 e. The number of nitrogens with zero attached hydrogens (tertiary/aromatic N) is 2. The summed E-state index contributed by atoms with van der Waals surface area (Å²) in [5.74, 6) is -0.639. The molecule has 1 fully saturated rings. The molecule has 0 aliphatic heterocycles. The molecule has 4 N–H and O–H groups in total. The molecular weight excluding hydrogens is 372 g/mol. The normalized spacial score (nSPS) is 18.3. The highest BCUT2D eigenvalue weighted by atomic mass is 32.2. The fraction of sp³-hybridized carbons (Fsp3) is 0.824. The molecule has 1 aliphatic rings. The molecule has 2 atom stereocenters. The number of hydrogen-bond donors (Lipinski definition) is 3. The van der Waals surface area contributed by atoms with Crippen molar-refractivity contribution in [2.45, 2.75) is 76.9 Å². The van der Waals surface area contributed by atoms with Gasteiger partial charge in [-0.15, -0.1) is 0 Å². The van der Waals surface area contributed by atoms with Crippen molar-refractivity contribution < 1.29 is 22.8 Å². The second-order valence-electron chi connectivity index (χ2n) is 7.16. The van der Waals surface area contributed by atoms with Gasteiger partial charge in [0.2, 0.25) is 21.8 Å². The summed E-state index contributed by atoms with van der Waals surface area (Å²) < 4.78 is 30.5. The number of rotatable bonds is 11. The van der Waals surface area contributed by atoms with E-state index in [0.717, 1.165) is 12.8 Å². The van der Waals surface area contributed by atoms with Crippen LogP contribution in [-0.4, -0.2) is 41.4 Å². The van der Waals surface area contributed by atoms with E-state index in [2.05, 4.69) is 14.9 Å². The molecule has 1 heterocycles. The third-order valence-corrected chi connectivity index (χ3v) is 6.50. The van der Waals surface area contributed by atoms with E-state index >= 15 is 0 Å². The average Bonchev–Trinajstić information content (AvgIpc) is 3.13. The van der Waals surface area contributed by atoms with Crippen LogP contribution in [0, 0.1) is 5.92 Å². The molecular formula is C17H30N4O5S. The van der Waals surface area contributed by atoms with E-state index in [-0.39, 0.29) is 24.0 Å². The molecule has 1 aromatic heterocycles. The number of aliphatic hydroxyl groups excluding tert-OH is 1. The van der Waals surface area contributed by atoms with Gasteiger partial charge in [-0.05, 0) is 19.3 Å². The average molecular weight is 403 g/mol. The number of hydrogen-bond acceptors (Lipinski definition) is 7. The van der Waals surface area contributed by atoms with Crippen LogP contribution in [0.5, 0.6) is 0 Å². The van der Waals surface area contributed by atoms with E-state index in [9.17, 15) is 18.3 Å². The zero-order valence-corrected chi connectivity index (χ0v) is 16.6. The SMILES string of the molecule is CCS(=O)(=O)NCc1noc([C@H](CCCC2CCCCC2)[C@@H](O)C(N)=O)n1. The van der Waals surface area contributed by atoms with Crippen LogP contribution >= 0.6 is 0 Å². The quantitative estimate of drug-likeness (QED) is 0.503. The summed E-state index contributed by atoms with van der Waals surface area (Å²) in [6.45, 7) is 1.41. The Bertz CT molecular complexity index is 700. The fourth-order valence-corrected chi connectivity index (χ4v) is 4.04. The number of carbonyl (C=O) groups excluding carboxylic acids is 1. The Balaban J connectivity index is 1.97. The molecule has 0 bridgehead atoms. The van der Waals surface area contributed by atoms with Crippen LogP contribution in [0.1, 0.15) is 75.9 Å². The lowest BCUT2D eigenvalue weighted by molar-refractivity contribution is -0.127. The van der Waals surface area contributed by atoms with Gasteiger partial charge in [-0.2, -0.15) is 4.98 Å². The predicted octanol–water partition coefficient (Wildman–Crippen LogP) is 1.19. The number of primary amides is 1. The van der Waals surface area contributed by atoms with Crippen molar-refractivity contribution in [3.63, 3.8) is 0 Å². The first-order valence-corrected chi connectivity index (χ1v) is 11.2. The largest absolute Gasteiger partial charge is 0.382 e. The van der Waals surface area contributed by atoms with Gasteiger partial charge in [-0.3, -0.25) is 4.79 Å². The molecule has 0 radical (unpaired) electrons. The Hall–Kier alpha value is -1.52. The molecule has 1 aliphatic carbocycles. The summed E-state index contributed by atoms with van der Waals surface area (Å²) in [6, 6.07) is 0. The van der Waals surface area contributed by atoms with Crippen LogP contribution in [0.4, 0.5) is 0 Å². The van der Waals surface area contributed by atoms with E-state index in [0.29, 0.717) is 12.3 Å². The summed E-state index contributed by atoms with van der Waals surface area (Å²) in [4.78, 5) is 15.6.